The molecule has 33 heavy (non-hydrogen) atoms. The van der Waals surface area contributed by atoms with Gasteiger partial charge >= 0.3 is 0 Å². The molecule has 0 amide bonds. The lowest BCUT2D eigenvalue weighted by molar-refractivity contribution is 0.496. The topological polar surface area (TPSA) is 97.6 Å². The number of aliphatic imine (C=N–C) groups is 1. The second-order valence-corrected chi connectivity index (χ2v) is 8.53. The number of rotatable bonds is 4. The van der Waals surface area contributed by atoms with Gasteiger partial charge in [-0.05, 0) is 31.4 Å². The number of imidazole rings is 1. The Bertz CT molecular complexity index is 1340. The Morgan fingerprint density at radius 2 is 2.12 bits per heavy atom. The quantitative estimate of drug-likeness (QED) is 0.614. The third kappa shape index (κ3) is 3.87. The summed E-state index contributed by atoms with van der Waals surface area (Å²) in [5, 5.41) is 4.43. The third-order valence-electron chi connectivity index (χ3n) is 6.35. The van der Waals surface area contributed by atoms with Crippen LogP contribution in [0.4, 0.5) is 11.6 Å². The highest BCUT2D eigenvalue weighted by molar-refractivity contribution is 5.99. The van der Waals surface area contributed by atoms with E-state index in [1.54, 1.807) is 13.1 Å². The summed E-state index contributed by atoms with van der Waals surface area (Å²) in [6.07, 6.45) is 3.66. The molecule has 9 heteroatoms. The van der Waals surface area contributed by atoms with Gasteiger partial charge in [-0.15, -0.1) is 5.92 Å². The standard InChI is InChI=1S/C24H28N8O/c1-3-4-12-31-22-19(28-24(31)30-11-7-9-18(25)15-30)14-27-32(23(22)33)16-21-26-13-17-8-5-6-10-20(17)29(21)2/h5-6,8,10,14,18H,7,9,11-13,15-16,25H2,1-2H3. The summed E-state index contributed by atoms with van der Waals surface area (Å²) in [7, 11) is 1.97. The van der Waals surface area contributed by atoms with Crippen LogP contribution in [0.5, 0.6) is 0 Å². The lowest BCUT2D eigenvalue weighted by Crippen LogP contribution is -2.44. The third-order valence-corrected chi connectivity index (χ3v) is 6.35. The number of aromatic nitrogens is 4. The van der Waals surface area contributed by atoms with Crippen molar-refractivity contribution in [2.24, 2.45) is 10.7 Å². The van der Waals surface area contributed by atoms with E-state index in [0.29, 0.717) is 30.7 Å². The van der Waals surface area contributed by atoms with Crippen LogP contribution < -0.4 is 21.1 Å². The Balaban J connectivity index is 1.54. The number of hydrogen-bond donors (Lipinski definition) is 1. The minimum atomic E-state index is -0.194. The van der Waals surface area contributed by atoms with Gasteiger partial charge in [-0.1, -0.05) is 24.1 Å². The zero-order chi connectivity index (χ0) is 22.9. The number of fused-ring (bicyclic) bond motifs is 2. The number of piperidine rings is 1. The molecule has 0 bridgehead atoms. The van der Waals surface area contributed by atoms with Crippen molar-refractivity contribution in [2.75, 3.05) is 29.9 Å². The first kappa shape index (κ1) is 21.2. The Morgan fingerprint density at radius 1 is 1.27 bits per heavy atom. The van der Waals surface area contributed by atoms with E-state index < -0.39 is 0 Å². The van der Waals surface area contributed by atoms with Crippen molar-refractivity contribution in [3.63, 3.8) is 0 Å². The number of nitrogens with zero attached hydrogens (tertiary/aromatic N) is 7. The molecule has 4 heterocycles. The highest BCUT2D eigenvalue weighted by atomic mass is 16.1. The van der Waals surface area contributed by atoms with E-state index in [1.165, 1.54) is 10.2 Å². The van der Waals surface area contributed by atoms with Crippen molar-refractivity contribution in [3.8, 4) is 11.8 Å². The molecule has 0 saturated carbocycles. The van der Waals surface area contributed by atoms with Gasteiger partial charge in [0.25, 0.3) is 5.56 Å². The Hall–Kier alpha value is -3.64. The van der Waals surface area contributed by atoms with Crippen LogP contribution in [-0.4, -0.2) is 51.3 Å². The molecule has 1 saturated heterocycles. The molecule has 2 N–H and O–H groups in total. The maximum absolute atomic E-state index is 13.6. The van der Waals surface area contributed by atoms with Crippen LogP contribution in [0.25, 0.3) is 11.0 Å². The summed E-state index contributed by atoms with van der Waals surface area (Å²) in [6.45, 7) is 4.64. The highest BCUT2D eigenvalue weighted by Crippen LogP contribution is 2.25. The van der Waals surface area contributed by atoms with Crippen LogP contribution in [0.1, 0.15) is 25.3 Å². The number of hydrogen-bond acceptors (Lipinski definition) is 7. The summed E-state index contributed by atoms with van der Waals surface area (Å²) < 4.78 is 3.38. The molecule has 2 aliphatic heterocycles. The number of benzene rings is 1. The van der Waals surface area contributed by atoms with Crippen LogP contribution in [0.2, 0.25) is 0 Å². The lowest BCUT2D eigenvalue weighted by Gasteiger charge is -2.31. The van der Waals surface area contributed by atoms with Gasteiger partial charge in [-0.25, -0.2) is 9.67 Å². The number of anilines is 2. The van der Waals surface area contributed by atoms with E-state index in [4.69, 9.17) is 15.7 Å². The molecule has 0 spiro atoms. The molecule has 0 radical (unpaired) electrons. The van der Waals surface area contributed by atoms with Crippen molar-refractivity contribution in [2.45, 2.75) is 45.4 Å². The molecule has 170 valence electrons. The van der Waals surface area contributed by atoms with Gasteiger partial charge in [0.15, 0.2) is 0 Å². The van der Waals surface area contributed by atoms with Gasteiger partial charge in [0.05, 0.1) is 19.3 Å². The van der Waals surface area contributed by atoms with Crippen LogP contribution in [0.15, 0.2) is 40.2 Å². The molecule has 2 aromatic heterocycles. The summed E-state index contributed by atoms with van der Waals surface area (Å²) in [6, 6.07) is 8.26. The van der Waals surface area contributed by atoms with E-state index in [9.17, 15) is 4.79 Å². The first-order valence-electron chi connectivity index (χ1n) is 11.3. The zero-order valence-electron chi connectivity index (χ0n) is 19.0. The van der Waals surface area contributed by atoms with Crippen molar-refractivity contribution >= 4 is 28.5 Å². The lowest BCUT2D eigenvalue weighted by atomic mass is 10.1. The SMILES string of the molecule is CC#CCn1c(N2CCCC(N)C2)nc2cnn(CC3=NCc4ccccc4N3C)c(=O)c21. The van der Waals surface area contributed by atoms with E-state index in [0.717, 1.165) is 36.9 Å². The predicted molar refractivity (Wildman–Crippen MR) is 131 cm³/mol. The number of likely N-dealkylation sites (N-methyl/N-ethyl adjacent to an activating group) is 1. The number of para-hydroxylation sites is 1. The van der Waals surface area contributed by atoms with E-state index >= 15 is 0 Å². The molecule has 1 fully saturated rings. The molecule has 0 aliphatic carbocycles. The van der Waals surface area contributed by atoms with Gasteiger partial charge in [0.1, 0.15) is 23.4 Å². The highest BCUT2D eigenvalue weighted by Gasteiger charge is 2.25. The van der Waals surface area contributed by atoms with Gasteiger partial charge in [-0.3, -0.25) is 14.4 Å². The molecule has 1 aromatic carbocycles. The molecule has 1 atom stereocenters. The smallest absolute Gasteiger partial charge is 0.293 e. The Morgan fingerprint density at radius 3 is 2.94 bits per heavy atom. The average molecular weight is 445 g/mol. The van der Waals surface area contributed by atoms with Gasteiger partial charge in [-0.2, -0.15) is 5.10 Å². The molecular formula is C24H28N8O. The fourth-order valence-corrected chi connectivity index (χ4v) is 4.61. The number of nitrogens with two attached hydrogens (primary N) is 1. The fourth-order valence-electron chi connectivity index (χ4n) is 4.61. The largest absolute Gasteiger partial charge is 0.341 e. The summed E-state index contributed by atoms with van der Waals surface area (Å²) >= 11 is 0. The van der Waals surface area contributed by atoms with Crippen molar-refractivity contribution < 1.29 is 0 Å². The summed E-state index contributed by atoms with van der Waals surface area (Å²) in [5.74, 6) is 7.56. The maximum atomic E-state index is 13.6. The van der Waals surface area contributed by atoms with E-state index in [-0.39, 0.29) is 18.1 Å². The summed E-state index contributed by atoms with van der Waals surface area (Å²) in [5.41, 5.74) is 9.37. The van der Waals surface area contributed by atoms with Crippen molar-refractivity contribution in [1.29, 1.82) is 0 Å². The maximum Gasteiger partial charge on any atom is 0.293 e. The first-order valence-corrected chi connectivity index (χ1v) is 11.3. The molecule has 1 unspecified atom stereocenters. The molecular weight excluding hydrogens is 416 g/mol. The van der Waals surface area contributed by atoms with Gasteiger partial charge in [0.2, 0.25) is 5.95 Å². The van der Waals surface area contributed by atoms with Crippen LogP contribution in [-0.2, 0) is 19.6 Å². The Kier molecular flexibility index (Phi) is 5.60. The van der Waals surface area contributed by atoms with Crippen LogP contribution in [0.3, 0.4) is 0 Å². The monoisotopic (exact) mass is 444 g/mol. The van der Waals surface area contributed by atoms with E-state index in [1.807, 2.05) is 28.6 Å². The van der Waals surface area contributed by atoms with Gasteiger partial charge < -0.3 is 15.5 Å². The van der Waals surface area contributed by atoms with Gasteiger partial charge in [0, 0.05) is 31.9 Å². The second-order valence-electron chi connectivity index (χ2n) is 8.53. The summed E-state index contributed by atoms with van der Waals surface area (Å²) in [4.78, 5) is 27.2. The minimum Gasteiger partial charge on any atom is -0.341 e. The van der Waals surface area contributed by atoms with Crippen molar-refractivity contribution in [1.82, 2.24) is 19.3 Å². The predicted octanol–water partition coefficient (Wildman–Crippen LogP) is 1.59. The average Bonchev–Trinajstić information content (AvgIpc) is 3.20. The molecule has 5 rings (SSSR count). The number of amidine groups is 1. The van der Waals surface area contributed by atoms with Crippen LogP contribution >= 0.6 is 0 Å². The van der Waals surface area contributed by atoms with E-state index in [2.05, 4.69) is 34.0 Å². The molecule has 9 nitrogen and oxygen atoms in total. The molecule has 3 aromatic rings. The Labute approximate surface area is 192 Å². The van der Waals surface area contributed by atoms with Crippen molar-refractivity contribution in [3.05, 3.63) is 46.4 Å². The first-order chi connectivity index (χ1) is 16.1. The fraction of sp³-hybridized carbons (Fsp3) is 0.417. The normalized spacial score (nSPS) is 18.0. The van der Waals surface area contributed by atoms with Crippen LogP contribution in [0, 0.1) is 11.8 Å². The molecule has 2 aliphatic rings. The minimum absolute atomic E-state index is 0.0989. The second kappa shape index (κ2) is 8.71. The zero-order valence-corrected chi connectivity index (χ0v) is 19.0.